The Morgan fingerprint density at radius 2 is 1.40 bits per heavy atom. The highest BCUT2D eigenvalue weighted by atomic mass is 32.2. The Labute approximate surface area is 368 Å². The number of amides is 4. The minimum absolute atomic E-state index is 0.0167. The minimum Gasteiger partial charge on any atom is -0.494 e. The molecule has 334 valence electrons. The van der Waals surface area contributed by atoms with Crippen LogP contribution in [0.3, 0.4) is 0 Å². The molecule has 0 bridgehead atoms. The molecule has 15 nitrogen and oxygen atoms in total. The molecular formula is C47H56N6O9S. The van der Waals surface area contributed by atoms with E-state index in [9.17, 15) is 27.6 Å². The van der Waals surface area contributed by atoms with Crippen LogP contribution in [0, 0.1) is 0 Å². The van der Waals surface area contributed by atoms with Gasteiger partial charge in [0.25, 0.3) is 11.8 Å². The van der Waals surface area contributed by atoms with Gasteiger partial charge in [-0.2, -0.15) is 0 Å². The maximum atomic E-state index is 13.0. The number of unbranched alkanes of at least 4 members (excludes halogenated alkanes) is 6. The van der Waals surface area contributed by atoms with Crippen LogP contribution in [0.15, 0.2) is 79.0 Å². The molecule has 7 rings (SSSR count). The molecule has 2 fully saturated rings. The van der Waals surface area contributed by atoms with Gasteiger partial charge in [0, 0.05) is 43.5 Å². The lowest BCUT2D eigenvalue weighted by atomic mass is 9.60. The van der Waals surface area contributed by atoms with Crippen molar-refractivity contribution in [3.63, 3.8) is 0 Å². The normalized spacial score (nSPS) is 16.9. The third-order valence-electron chi connectivity index (χ3n) is 11.8. The average molecular weight is 881 g/mol. The molecule has 4 amide bonds. The predicted molar refractivity (Wildman–Crippen MR) is 237 cm³/mol. The highest BCUT2D eigenvalue weighted by Gasteiger charge is 2.45. The molecule has 1 unspecified atom stereocenters. The van der Waals surface area contributed by atoms with Gasteiger partial charge in [0.15, 0.2) is 0 Å². The Hall–Kier alpha value is -5.87. The standard InChI is InChI=1S/C47H56N6O9S/c1-63(58,59)52-46-49-27-23-36(50-46)32-62-38-18-13-34(14-19-38)47(24-10-25-47)33-11-16-37(17-12-33)61-30-8-5-3-2-4-7-28-60-29-9-6-26-48-35-15-20-39-40(31-35)45(57)53(44(39)56)41-21-22-42(54)51-43(41)55/h11-20,23,27,31,41,48H,2-10,21-22,24-26,28-30,32H2,1H3,(H,49,50,52)(H,51,54,55). The highest BCUT2D eigenvalue weighted by Crippen LogP contribution is 2.49. The fourth-order valence-electron chi connectivity index (χ4n) is 8.31. The monoisotopic (exact) mass is 880 g/mol. The van der Waals surface area contributed by atoms with Gasteiger partial charge in [-0.1, -0.05) is 56.4 Å². The van der Waals surface area contributed by atoms with E-state index in [1.165, 1.54) is 36.6 Å². The maximum Gasteiger partial charge on any atom is 0.262 e. The summed E-state index contributed by atoms with van der Waals surface area (Å²) in [7, 11) is -3.47. The molecule has 3 heterocycles. The van der Waals surface area contributed by atoms with Crippen LogP contribution < -0.4 is 24.8 Å². The number of fused-ring (bicyclic) bond motifs is 1. The first-order valence-corrected chi connectivity index (χ1v) is 23.8. The Kier molecular flexibility index (Phi) is 15.1. The molecule has 1 aromatic heterocycles. The van der Waals surface area contributed by atoms with Gasteiger partial charge >= 0.3 is 0 Å². The lowest BCUT2D eigenvalue weighted by Gasteiger charge is -2.43. The summed E-state index contributed by atoms with van der Waals surface area (Å²) in [4.78, 5) is 58.9. The zero-order chi connectivity index (χ0) is 44.2. The van der Waals surface area contributed by atoms with Gasteiger partial charge in [-0.15, -0.1) is 0 Å². The number of benzene rings is 3. The van der Waals surface area contributed by atoms with Crippen molar-refractivity contribution in [3.05, 3.63) is 107 Å². The van der Waals surface area contributed by atoms with E-state index >= 15 is 0 Å². The number of piperidine rings is 1. The number of carbonyl (C=O) groups excluding carboxylic acids is 4. The van der Waals surface area contributed by atoms with Gasteiger partial charge in [-0.3, -0.25) is 34.1 Å². The van der Waals surface area contributed by atoms with Crippen LogP contribution in [-0.4, -0.2) is 85.6 Å². The van der Waals surface area contributed by atoms with E-state index in [1.807, 2.05) is 12.1 Å². The summed E-state index contributed by atoms with van der Waals surface area (Å²) in [6.07, 6.45) is 14.6. The lowest BCUT2D eigenvalue weighted by Crippen LogP contribution is -2.54. The lowest BCUT2D eigenvalue weighted by molar-refractivity contribution is -0.136. The Morgan fingerprint density at radius 1 is 0.762 bits per heavy atom. The van der Waals surface area contributed by atoms with Crippen molar-refractivity contribution in [1.82, 2.24) is 20.2 Å². The fraction of sp³-hybridized carbons (Fsp3) is 0.447. The molecule has 0 spiro atoms. The molecule has 63 heavy (non-hydrogen) atoms. The van der Waals surface area contributed by atoms with Gasteiger partial charge in [-0.25, -0.2) is 18.4 Å². The second kappa shape index (κ2) is 21.0. The number of hydrogen-bond donors (Lipinski definition) is 3. The second-order valence-electron chi connectivity index (χ2n) is 16.4. The number of aromatic nitrogens is 2. The topological polar surface area (TPSA) is 195 Å². The Bertz CT molecular complexity index is 2350. The van der Waals surface area contributed by atoms with Crippen molar-refractivity contribution in [2.45, 2.75) is 102 Å². The third-order valence-corrected chi connectivity index (χ3v) is 12.4. The van der Waals surface area contributed by atoms with Crippen LogP contribution in [0.2, 0.25) is 0 Å². The molecule has 2 aliphatic heterocycles. The zero-order valence-electron chi connectivity index (χ0n) is 35.7. The van der Waals surface area contributed by atoms with E-state index in [1.54, 1.807) is 24.3 Å². The van der Waals surface area contributed by atoms with Crippen molar-refractivity contribution in [1.29, 1.82) is 0 Å². The van der Waals surface area contributed by atoms with Gasteiger partial charge < -0.3 is 19.5 Å². The summed E-state index contributed by atoms with van der Waals surface area (Å²) in [5, 5.41) is 5.53. The van der Waals surface area contributed by atoms with E-state index in [0.717, 1.165) is 80.6 Å². The quantitative estimate of drug-likeness (QED) is 0.0486. The number of imide groups is 2. The second-order valence-corrected chi connectivity index (χ2v) is 18.2. The maximum absolute atomic E-state index is 13.0. The first kappa shape index (κ1) is 45.2. The highest BCUT2D eigenvalue weighted by molar-refractivity contribution is 7.92. The van der Waals surface area contributed by atoms with Crippen molar-refractivity contribution < 1.29 is 41.8 Å². The number of nitrogens with zero attached hydrogens (tertiary/aromatic N) is 3. The molecule has 1 aliphatic carbocycles. The Balaban J connectivity index is 0.710. The molecule has 1 saturated carbocycles. The molecule has 1 atom stereocenters. The van der Waals surface area contributed by atoms with Crippen LogP contribution >= 0.6 is 0 Å². The van der Waals surface area contributed by atoms with Crippen LogP contribution in [0.4, 0.5) is 11.6 Å². The van der Waals surface area contributed by atoms with E-state index in [4.69, 9.17) is 14.2 Å². The smallest absolute Gasteiger partial charge is 0.262 e. The van der Waals surface area contributed by atoms with Crippen molar-refractivity contribution in [2.24, 2.45) is 0 Å². The minimum atomic E-state index is -3.47. The van der Waals surface area contributed by atoms with Crippen molar-refractivity contribution in [3.8, 4) is 11.5 Å². The summed E-state index contributed by atoms with van der Waals surface area (Å²) in [5.74, 6) is -0.416. The number of nitrogens with one attached hydrogen (secondary N) is 3. The fourth-order valence-corrected chi connectivity index (χ4v) is 8.74. The van der Waals surface area contributed by atoms with E-state index < -0.39 is 39.7 Å². The molecule has 0 radical (unpaired) electrons. The molecule has 4 aromatic rings. The number of carbonyl (C=O) groups is 4. The SMILES string of the molecule is CS(=O)(=O)Nc1nccc(COc2ccc(C3(c4ccc(OCCCCCCCCOCCCCNc5ccc6c(c5)C(=O)N(C5CCC(=O)NC5=O)C6=O)cc4)CCC3)cc2)n1. The van der Waals surface area contributed by atoms with E-state index in [2.05, 4.69) is 61.7 Å². The number of ether oxygens (including phenoxy) is 3. The first-order valence-electron chi connectivity index (χ1n) is 21.9. The molecule has 3 aliphatic rings. The van der Waals surface area contributed by atoms with Crippen LogP contribution in [0.5, 0.6) is 11.5 Å². The van der Waals surface area contributed by atoms with Crippen molar-refractivity contribution >= 4 is 45.3 Å². The number of hydrogen-bond acceptors (Lipinski definition) is 12. The summed E-state index contributed by atoms with van der Waals surface area (Å²) >= 11 is 0. The Morgan fingerprint density at radius 3 is 2.05 bits per heavy atom. The number of sulfonamides is 1. The van der Waals surface area contributed by atoms with E-state index in [-0.39, 0.29) is 41.9 Å². The van der Waals surface area contributed by atoms with E-state index in [0.29, 0.717) is 31.2 Å². The van der Waals surface area contributed by atoms with Gasteiger partial charge in [-0.05, 0) is 105 Å². The van der Waals surface area contributed by atoms with Crippen LogP contribution in [0.1, 0.15) is 121 Å². The number of anilines is 2. The summed E-state index contributed by atoms with van der Waals surface area (Å²) < 4.78 is 43.2. The van der Waals surface area contributed by atoms with Gasteiger partial charge in [0.1, 0.15) is 24.1 Å². The molecule has 3 N–H and O–H groups in total. The van der Waals surface area contributed by atoms with Crippen LogP contribution in [0.25, 0.3) is 0 Å². The largest absolute Gasteiger partial charge is 0.494 e. The van der Waals surface area contributed by atoms with Gasteiger partial charge in [0.05, 0.1) is 29.7 Å². The summed E-state index contributed by atoms with van der Waals surface area (Å²) in [5.41, 5.74) is 4.36. The molecule has 3 aromatic carbocycles. The summed E-state index contributed by atoms with van der Waals surface area (Å²) in [6, 6.07) is 22.5. The van der Waals surface area contributed by atoms with Gasteiger partial charge in [0.2, 0.25) is 27.8 Å². The first-order chi connectivity index (χ1) is 30.5. The molecule has 1 saturated heterocycles. The molecule has 16 heteroatoms. The molecular weight excluding hydrogens is 825 g/mol. The summed E-state index contributed by atoms with van der Waals surface area (Å²) in [6.45, 7) is 3.01. The average Bonchev–Trinajstić information content (AvgIpc) is 3.49. The van der Waals surface area contributed by atoms with Crippen molar-refractivity contribution in [2.75, 3.05) is 42.7 Å². The predicted octanol–water partition coefficient (Wildman–Crippen LogP) is 6.93. The zero-order valence-corrected chi connectivity index (χ0v) is 36.6. The third kappa shape index (κ3) is 11.8. The number of rotatable bonds is 24. The van der Waals surface area contributed by atoms with Crippen LogP contribution in [-0.2, 0) is 36.4 Å².